The van der Waals surface area contributed by atoms with Gasteiger partial charge >= 0.3 is 6.09 Å². The smallest absolute Gasteiger partial charge is 0.413 e. The molecule has 6 heteroatoms. The molecule has 0 unspecified atom stereocenters. The molecule has 0 spiro atoms. The third-order valence-corrected chi connectivity index (χ3v) is 2.05. The van der Waals surface area contributed by atoms with Crippen LogP contribution in [0.15, 0.2) is 23.4 Å². The molecular formula is C13H19N3O3. The SMILES string of the molecule is CC(C)(C)OC(=O)Nc1cccc(CCC=NO)n1. The largest absolute Gasteiger partial charge is 0.444 e. The molecule has 1 amide bonds. The molecule has 2 N–H and O–H groups in total. The number of nitrogens with zero attached hydrogens (tertiary/aromatic N) is 2. The van der Waals surface area contributed by atoms with Gasteiger partial charge in [0.1, 0.15) is 11.4 Å². The number of amides is 1. The summed E-state index contributed by atoms with van der Waals surface area (Å²) in [4.78, 5) is 15.8. The van der Waals surface area contributed by atoms with Crippen molar-refractivity contribution < 1.29 is 14.7 Å². The van der Waals surface area contributed by atoms with Gasteiger partial charge in [-0.25, -0.2) is 9.78 Å². The van der Waals surface area contributed by atoms with Gasteiger partial charge in [-0.2, -0.15) is 0 Å². The predicted octanol–water partition coefficient (Wildman–Crippen LogP) is 2.82. The third-order valence-electron chi connectivity index (χ3n) is 2.05. The number of pyridine rings is 1. The van der Waals surface area contributed by atoms with Crippen LogP contribution in [0.2, 0.25) is 0 Å². The van der Waals surface area contributed by atoms with Crippen LogP contribution >= 0.6 is 0 Å². The highest BCUT2D eigenvalue weighted by Crippen LogP contribution is 2.11. The van der Waals surface area contributed by atoms with Gasteiger partial charge in [0.05, 0.1) is 0 Å². The minimum Gasteiger partial charge on any atom is -0.444 e. The second-order valence-corrected chi connectivity index (χ2v) is 4.98. The number of carbonyl (C=O) groups excluding carboxylic acids is 1. The number of rotatable bonds is 4. The van der Waals surface area contributed by atoms with E-state index in [2.05, 4.69) is 15.5 Å². The Morgan fingerprint density at radius 1 is 1.53 bits per heavy atom. The van der Waals surface area contributed by atoms with Crippen molar-refractivity contribution in [1.29, 1.82) is 0 Å². The summed E-state index contributed by atoms with van der Waals surface area (Å²) in [6.45, 7) is 5.39. The lowest BCUT2D eigenvalue weighted by molar-refractivity contribution is 0.0635. The molecule has 6 nitrogen and oxygen atoms in total. The fourth-order valence-corrected chi connectivity index (χ4v) is 1.37. The Hall–Kier alpha value is -2.11. The summed E-state index contributed by atoms with van der Waals surface area (Å²) in [7, 11) is 0. The molecule has 1 heterocycles. The van der Waals surface area contributed by atoms with E-state index in [4.69, 9.17) is 9.94 Å². The van der Waals surface area contributed by atoms with E-state index >= 15 is 0 Å². The number of hydrogen-bond acceptors (Lipinski definition) is 5. The van der Waals surface area contributed by atoms with Crippen molar-refractivity contribution in [1.82, 2.24) is 4.98 Å². The Labute approximate surface area is 112 Å². The first-order valence-corrected chi connectivity index (χ1v) is 6.02. The maximum atomic E-state index is 11.6. The van der Waals surface area contributed by atoms with Crippen LogP contribution in [-0.2, 0) is 11.2 Å². The van der Waals surface area contributed by atoms with Crippen LogP contribution in [0.3, 0.4) is 0 Å². The summed E-state index contributed by atoms with van der Waals surface area (Å²) in [6.07, 6.45) is 2.08. The van der Waals surface area contributed by atoms with Crippen LogP contribution in [0.4, 0.5) is 10.6 Å². The number of aryl methyl sites for hydroxylation is 1. The summed E-state index contributed by atoms with van der Waals surface area (Å²) in [5.41, 5.74) is 0.257. The van der Waals surface area contributed by atoms with Crippen molar-refractivity contribution in [3.8, 4) is 0 Å². The monoisotopic (exact) mass is 265 g/mol. The summed E-state index contributed by atoms with van der Waals surface area (Å²) in [5, 5.41) is 13.8. The Balaban J connectivity index is 2.59. The summed E-state index contributed by atoms with van der Waals surface area (Å²) in [6, 6.07) is 5.32. The highest BCUT2D eigenvalue weighted by atomic mass is 16.6. The average Bonchev–Trinajstić information content (AvgIpc) is 2.27. The highest BCUT2D eigenvalue weighted by Gasteiger charge is 2.16. The quantitative estimate of drug-likeness (QED) is 0.498. The fraction of sp³-hybridized carbons (Fsp3) is 0.462. The van der Waals surface area contributed by atoms with Crippen molar-refractivity contribution >= 4 is 18.1 Å². The molecule has 1 aromatic heterocycles. The van der Waals surface area contributed by atoms with Gasteiger partial charge < -0.3 is 9.94 Å². The molecule has 0 fully saturated rings. The standard InChI is InChI=1S/C13H19N3O3/c1-13(2,3)19-12(17)16-11-8-4-6-10(15-11)7-5-9-14-18/h4,6,8-9,18H,5,7H2,1-3H3,(H,15,16,17). The van der Waals surface area contributed by atoms with E-state index in [-0.39, 0.29) is 0 Å². The predicted molar refractivity (Wildman–Crippen MR) is 72.7 cm³/mol. The first kappa shape index (κ1) is 14.9. The Bertz CT molecular complexity index is 453. The zero-order valence-electron chi connectivity index (χ0n) is 11.4. The van der Waals surface area contributed by atoms with Crippen molar-refractivity contribution in [3.05, 3.63) is 23.9 Å². The van der Waals surface area contributed by atoms with Gasteiger partial charge in [0.25, 0.3) is 0 Å². The molecule has 0 aliphatic carbocycles. The Morgan fingerprint density at radius 3 is 2.89 bits per heavy atom. The molecule has 104 valence electrons. The fourth-order valence-electron chi connectivity index (χ4n) is 1.37. The molecule has 1 aromatic rings. The van der Waals surface area contributed by atoms with E-state index in [1.165, 1.54) is 6.21 Å². The maximum absolute atomic E-state index is 11.6. The van der Waals surface area contributed by atoms with Gasteiger partial charge in [-0.05, 0) is 45.7 Å². The van der Waals surface area contributed by atoms with Crippen LogP contribution in [0, 0.1) is 0 Å². The Morgan fingerprint density at radius 2 is 2.26 bits per heavy atom. The van der Waals surface area contributed by atoms with Crippen LogP contribution < -0.4 is 5.32 Å². The number of nitrogens with one attached hydrogen (secondary N) is 1. The van der Waals surface area contributed by atoms with Gasteiger partial charge in [0, 0.05) is 11.9 Å². The molecule has 0 radical (unpaired) electrons. The van der Waals surface area contributed by atoms with Gasteiger partial charge in [0.2, 0.25) is 0 Å². The number of carbonyl (C=O) groups is 1. The third kappa shape index (κ3) is 6.40. The van der Waals surface area contributed by atoms with Crippen molar-refractivity contribution in [2.45, 2.75) is 39.2 Å². The number of anilines is 1. The number of oxime groups is 1. The number of hydrogen-bond donors (Lipinski definition) is 2. The van der Waals surface area contributed by atoms with Gasteiger partial charge in [0.15, 0.2) is 0 Å². The first-order valence-electron chi connectivity index (χ1n) is 6.02. The lowest BCUT2D eigenvalue weighted by Crippen LogP contribution is -2.27. The number of ether oxygens (including phenoxy) is 1. The molecule has 0 saturated heterocycles. The van der Waals surface area contributed by atoms with Crippen LogP contribution in [-0.4, -0.2) is 28.1 Å². The van der Waals surface area contributed by atoms with E-state index in [1.807, 2.05) is 6.07 Å². The van der Waals surface area contributed by atoms with E-state index in [9.17, 15) is 4.79 Å². The summed E-state index contributed by atoms with van der Waals surface area (Å²) < 4.78 is 5.14. The zero-order valence-corrected chi connectivity index (χ0v) is 11.4. The molecule has 0 aliphatic rings. The van der Waals surface area contributed by atoms with Crippen molar-refractivity contribution in [2.75, 3.05) is 5.32 Å². The van der Waals surface area contributed by atoms with Crippen LogP contribution in [0.25, 0.3) is 0 Å². The number of aromatic nitrogens is 1. The summed E-state index contributed by atoms with van der Waals surface area (Å²) in [5.74, 6) is 0.438. The highest BCUT2D eigenvalue weighted by molar-refractivity contribution is 5.83. The zero-order chi connectivity index (χ0) is 14.3. The van der Waals surface area contributed by atoms with E-state index in [0.717, 1.165) is 5.69 Å². The van der Waals surface area contributed by atoms with Crippen LogP contribution in [0.1, 0.15) is 32.9 Å². The molecule has 0 aliphatic heterocycles. The van der Waals surface area contributed by atoms with Gasteiger partial charge in [-0.15, -0.1) is 5.16 Å². The molecule has 1 rings (SSSR count). The normalized spacial score (nSPS) is 11.5. The molecular weight excluding hydrogens is 246 g/mol. The molecule has 0 bridgehead atoms. The van der Waals surface area contributed by atoms with E-state index in [1.54, 1.807) is 32.9 Å². The van der Waals surface area contributed by atoms with Crippen molar-refractivity contribution in [3.63, 3.8) is 0 Å². The lowest BCUT2D eigenvalue weighted by atomic mass is 10.2. The minimum atomic E-state index is -0.542. The lowest BCUT2D eigenvalue weighted by Gasteiger charge is -2.19. The van der Waals surface area contributed by atoms with Crippen molar-refractivity contribution in [2.24, 2.45) is 5.16 Å². The Kier molecular flexibility index (Phi) is 5.29. The maximum Gasteiger partial charge on any atom is 0.413 e. The van der Waals surface area contributed by atoms with E-state index < -0.39 is 11.7 Å². The average molecular weight is 265 g/mol. The van der Waals surface area contributed by atoms with Gasteiger partial charge in [-0.1, -0.05) is 6.07 Å². The topological polar surface area (TPSA) is 83.8 Å². The summed E-state index contributed by atoms with van der Waals surface area (Å²) >= 11 is 0. The molecule has 0 aromatic carbocycles. The molecule has 0 atom stereocenters. The minimum absolute atomic E-state index is 0.438. The first-order chi connectivity index (χ1) is 8.90. The second kappa shape index (κ2) is 6.72. The second-order valence-electron chi connectivity index (χ2n) is 4.98. The molecule has 19 heavy (non-hydrogen) atoms. The van der Waals surface area contributed by atoms with Crippen LogP contribution in [0.5, 0.6) is 0 Å². The van der Waals surface area contributed by atoms with Gasteiger partial charge in [-0.3, -0.25) is 5.32 Å². The molecule has 0 saturated carbocycles. The van der Waals surface area contributed by atoms with E-state index in [0.29, 0.717) is 18.7 Å².